The van der Waals surface area contributed by atoms with Crippen LogP contribution in [-0.4, -0.2) is 0 Å². The molecule has 0 heterocycles. The number of anilines is 6. The fourth-order valence-electron chi connectivity index (χ4n) is 11.1. The van der Waals surface area contributed by atoms with Crippen LogP contribution < -0.4 is 9.80 Å². The van der Waals surface area contributed by atoms with Crippen LogP contribution >= 0.6 is 0 Å². The molecule has 0 atom stereocenters. The minimum Gasteiger partial charge on any atom is -0.310 e. The molecule has 0 saturated heterocycles. The van der Waals surface area contributed by atoms with Crippen molar-refractivity contribution >= 4 is 34.1 Å². The van der Waals surface area contributed by atoms with Crippen LogP contribution in [0.15, 0.2) is 273 Å². The molecule has 0 fully saturated rings. The molecule has 0 radical (unpaired) electrons. The predicted molar refractivity (Wildman–Crippen MR) is 315 cm³/mol. The molecule has 0 aromatic heterocycles. The highest BCUT2D eigenvalue weighted by atomic mass is 15.1. The van der Waals surface area contributed by atoms with E-state index in [1.807, 2.05) is 0 Å². The van der Waals surface area contributed by atoms with Crippen LogP contribution in [0.2, 0.25) is 0 Å². The average molecular weight is 951 g/mol. The number of rotatable bonds is 12. The van der Waals surface area contributed by atoms with E-state index in [-0.39, 0.29) is 11.3 Å². The lowest BCUT2D eigenvalue weighted by molar-refractivity contribution is 0.660. The summed E-state index contributed by atoms with van der Waals surface area (Å²) in [6.45, 7) is 9.44. The quantitative estimate of drug-likeness (QED) is 0.120. The van der Waals surface area contributed by atoms with Crippen LogP contribution in [0.5, 0.6) is 0 Å². The minimum atomic E-state index is -0.247. The molecule has 0 unspecified atom stereocenters. The van der Waals surface area contributed by atoms with Gasteiger partial charge in [-0.3, -0.25) is 0 Å². The number of benzene rings is 11. The molecule has 11 aromatic rings. The van der Waals surface area contributed by atoms with Gasteiger partial charge >= 0.3 is 0 Å². The predicted octanol–water partition coefficient (Wildman–Crippen LogP) is 20.4. The van der Waals surface area contributed by atoms with Gasteiger partial charge in [0.25, 0.3) is 0 Å². The summed E-state index contributed by atoms with van der Waals surface area (Å²) in [7, 11) is 0. The second kappa shape index (κ2) is 19.6. The first-order valence-corrected chi connectivity index (χ1v) is 25.9. The van der Waals surface area contributed by atoms with Gasteiger partial charge in [0.15, 0.2) is 0 Å². The molecule has 0 aliphatic heterocycles. The van der Waals surface area contributed by atoms with E-state index < -0.39 is 0 Å². The van der Waals surface area contributed by atoms with Crippen molar-refractivity contribution in [2.24, 2.45) is 0 Å². The van der Waals surface area contributed by atoms with Gasteiger partial charge in [-0.1, -0.05) is 222 Å². The zero-order valence-electron chi connectivity index (χ0n) is 42.5. The molecule has 12 rings (SSSR count). The largest absolute Gasteiger partial charge is 0.310 e. The lowest BCUT2D eigenvalue weighted by Gasteiger charge is -2.29. The topological polar surface area (TPSA) is 6.48 Å². The van der Waals surface area contributed by atoms with Gasteiger partial charge in [-0.05, 0) is 168 Å². The molecule has 0 saturated carbocycles. The van der Waals surface area contributed by atoms with E-state index in [1.165, 1.54) is 83.5 Å². The Hall–Kier alpha value is -8.98. The third-order valence-corrected chi connectivity index (χ3v) is 15.1. The highest BCUT2D eigenvalue weighted by Crippen LogP contribution is 2.52. The number of hydrogen-bond acceptors (Lipinski definition) is 2. The molecule has 2 nitrogen and oxygen atoms in total. The average Bonchev–Trinajstić information content (AvgIpc) is 3.70. The minimum absolute atomic E-state index is 0.247. The second-order valence-corrected chi connectivity index (χ2v) is 20.4. The Balaban J connectivity index is 0.900. The number of fused-ring (bicyclic) bond motifs is 3. The van der Waals surface area contributed by atoms with Crippen LogP contribution in [0, 0.1) is 0 Å². The first-order chi connectivity index (χ1) is 36.3. The third kappa shape index (κ3) is 8.79. The Morgan fingerprint density at radius 2 is 0.527 bits per heavy atom. The van der Waals surface area contributed by atoms with Crippen LogP contribution in [0.3, 0.4) is 0 Å². The van der Waals surface area contributed by atoms with E-state index >= 15 is 0 Å². The summed E-state index contributed by atoms with van der Waals surface area (Å²) in [5.74, 6) is 0.281. The van der Waals surface area contributed by atoms with Crippen LogP contribution in [0.1, 0.15) is 50.3 Å². The van der Waals surface area contributed by atoms with Crippen molar-refractivity contribution in [3.63, 3.8) is 0 Å². The summed E-state index contributed by atoms with van der Waals surface area (Å²) >= 11 is 0. The monoisotopic (exact) mass is 950 g/mol. The molecular formula is C72H58N2. The summed E-state index contributed by atoms with van der Waals surface area (Å²) in [6.07, 6.45) is 0. The van der Waals surface area contributed by atoms with Gasteiger partial charge < -0.3 is 9.80 Å². The Labute approximate surface area is 437 Å². The molecule has 0 spiro atoms. The molecular weight excluding hydrogens is 893 g/mol. The molecule has 0 bridgehead atoms. The van der Waals surface area contributed by atoms with Gasteiger partial charge in [0.2, 0.25) is 0 Å². The smallest absolute Gasteiger partial charge is 0.0465 e. The van der Waals surface area contributed by atoms with Gasteiger partial charge in [0.1, 0.15) is 0 Å². The Kier molecular flexibility index (Phi) is 12.2. The molecule has 1 aliphatic carbocycles. The van der Waals surface area contributed by atoms with Crippen molar-refractivity contribution in [1.29, 1.82) is 0 Å². The van der Waals surface area contributed by atoms with Gasteiger partial charge in [0.05, 0.1) is 0 Å². The van der Waals surface area contributed by atoms with Crippen LogP contribution in [0.25, 0.3) is 66.8 Å². The number of nitrogens with zero attached hydrogens (tertiary/aromatic N) is 2. The van der Waals surface area contributed by atoms with Gasteiger partial charge in [-0.25, -0.2) is 0 Å². The number of hydrogen-bond donors (Lipinski definition) is 0. The Morgan fingerprint density at radius 3 is 0.878 bits per heavy atom. The Bertz CT molecular complexity index is 3550. The summed E-state index contributed by atoms with van der Waals surface area (Å²) in [5, 5.41) is 0. The lowest BCUT2D eigenvalue weighted by Crippen LogP contribution is -2.16. The van der Waals surface area contributed by atoms with Crippen molar-refractivity contribution in [3.05, 3.63) is 290 Å². The van der Waals surface area contributed by atoms with E-state index in [1.54, 1.807) is 0 Å². The van der Waals surface area contributed by atoms with Gasteiger partial charge in [0, 0.05) is 39.5 Å². The zero-order chi connectivity index (χ0) is 50.2. The normalized spacial score (nSPS) is 12.3. The molecule has 2 heteroatoms. The molecule has 1 aliphatic rings. The third-order valence-electron chi connectivity index (χ3n) is 15.1. The van der Waals surface area contributed by atoms with E-state index in [0.717, 1.165) is 34.1 Å². The van der Waals surface area contributed by atoms with E-state index in [0.29, 0.717) is 0 Å². The molecule has 356 valence electrons. The summed E-state index contributed by atoms with van der Waals surface area (Å²) < 4.78 is 0. The SMILES string of the molecule is CC(C)c1cc(N(c2ccc(-c3ccccc3)cc2)c2ccc(-c3ccccc3)cc2)ccc1-c1ccc2c(c1)C(C)(C)c1cc(N(c3ccc(-c4ccccc4)cc3)c3ccc(-c4ccccc4)cc3)ccc1-2. The standard InChI is InChI=1S/C72H58N2/c1-50(2)69-48-64(73(60-34-25-55(26-35-60)51-17-9-5-10-18-51)61-36-27-56(28-37-61)52-19-11-6-12-20-52)42-45-66(69)59-33-44-67-68-46-43-65(49-71(68)72(3,4)70(67)47-59)74(62-38-29-57(30-39-62)53-21-13-7-14-22-53)63-40-31-58(32-41-63)54-23-15-8-16-24-54/h5-50H,1-4H3. The highest BCUT2D eigenvalue weighted by molar-refractivity contribution is 5.89. The van der Waals surface area contributed by atoms with Crippen LogP contribution in [-0.2, 0) is 5.41 Å². The van der Waals surface area contributed by atoms with E-state index in [9.17, 15) is 0 Å². The molecule has 0 amide bonds. The summed E-state index contributed by atoms with van der Waals surface area (Å²) in [5.41, 5.74) is 25.2. The van der Waals surface area contributed by atoms with Gasteiger partial charge in [-0.15, -0.1) is 0 Å². The van der Waals surface area contributed by atoms with E-state index in [2.05, 4.69) is 310 Å². The maximum Gasteiger partial charge on any atom is 0.0465 e. The van der Waals surface area contributed by atoms with Crippen molar-refractivity contribution < 1.29 is 0 Å². The maximum atomic E-state index is 2.47. The molecule has 11 aromatic carbocycles. The van der Waals surface area contributed by atoms with E-state index in [4.69, 9.17) is 0 Å². The van der Waals surface area contributed by atoms with Crippen molar-refractivity contribution in [2.75, 3.05) is 9.80 Å². The van der Waals surface area contributed by atoms with Crippen molar-refractivity contribution in [2.45, 2.75) is 39.0 Å². The molecule has 74 heavy (non-hydrogen) atoms. The fourth-order valence-corrected chi connectivity index (χ4v) is 11.1. The first kappa shape index (κ1) is 46.1. The maximum absolute atomic E-state index is 2.47. The highest BCUT2D eigenvalue weighted by Gasteiger charge is 2.36. The van der Waals surface area contributed by atoms with Crippen molar-refractivity contribution in [1.82, 2.24) is 0 Å². The second-order valence-electron chi connectivity index (χ2n) is 20.4. The van der Waals surface area contributed by atoms with Gasteiger partial charge in [-0.2, -0.15) is 0 Å². The Morgan fingerprint density at radius 1 is 0.257 bits per heavy atom. The molecule has 0 N–H and O–H groups in total. The summed E-state index contributed by atoms with van der Waals surface area (Å²) in [4.78, 5) is 4.81. The zero-order valence-corrected chi connectivity index (χ0v) is 42.5. The fraction of sp³-hybridized carbons (Fsp3) is 0.0833. The van der Waals surface area contributed by atoms with Crippen molar-refractivity contribution in [3.8, 4) is 66.8 Å². The first-order valence-electron chi connectivity index (χ1n) is 25.9. The van der Waals surface area contributed by atoms with Crippen LogP contribution in [0.4, 0.5) is 34.1 Å². The summed E-state index contributed by atoms with van der Waals surface area (Å²) in [6, 6.07) is 99.8. The lowest BCUT2D eigenvalue weighted by atomic mass is 9.81.